The standard InChI is InChI=1S/C13H13F3N2O/c1-7(2)19-8-3-4-11-9(5-8)10(17)6-12(18-11)13(14,15)16/h3-7H,1-2H3,(H2,17,18). The van der Waals surface area contributed by atoms with E-state index in [0.717, 1.165) is 6.07 Å². The molecule has 0 aliphatic rings. The van der Waals surface area contributed by atoms with Gasteiger partial charge in [0.2, 0.25) is 0 Å². The van der Waals surface area contributed by atoms with Crippen molar-refractivity contribution in [2.75, 3.05) is 5.73 Å². The number of rotatable bonds is 2. The molecule has 1 aromatic carbocycles. The van der Waals surface area contributed by atoms with Crippen molar-refractivity contribution in [3.8, 4) is 5.75 Å². The molecule has 0 saturated carbocycles. The summed E-state index contributed by atoms with van der Waals surface area (Å²) in [4.78, 5) is 3.57. The molecule has 0 spiro atoms. The monoisotopic (exact) mass is 270 g/mol. The Balaban J connectivity index is 2.54. The lowest BCUT2D eigenvalue weighted by Gasteiger charge is -2.12. The number of fused-ring (bicyclic) bond motifs is 1. The average Bonchev–Trinajstić information content (AvgIpc) is 2.27. The van der Waals surface area contributed by atoms with Crippen molar-refractivity contribution in [3.63, 3.8) is 0 Å². The van der Waals surface area contributed by atoms with Crippen LogP contribution in [0.25, 0.3) is 10.9 Å². The van der Waals surface area contributed by atoms with Gasteiger partial charge in [0, 0.05) is 11.1 Å². The zero-order chi connectivity index (χ0) is 14.2. The second-order valence-corrected chi connectivity index (χ2v) is 4.44. The molecule has 0 unspecified atom stereocenters. The van der Waals surface area contributed by atoms with Crippen LogP contribution in [0.5, 0.6) is 5.75 Å². The van der Waals surface area contributed by atoms with E-state index in [0.29, 0.717) is 11.1 Å². The lowest BCUT2D eigenvalue weighted by Crippen LogP contribution is -2.09. The van der Waals surface area contributed by atoms with Gasteiger partial charge in [0.25, 0.3) is 0 Å². The lowest BCUT2D eigenvalue weighted by molar-refractivity contribution is -0.140. The van der Waals surface area contributed by atoms with Crippen molar-refractivity contribution in [1.29, 1.82) is 0 Å². The first-order valence-electron chi connectivity index (χ1n) is 5.71. The normalized spacial score (nSPS) is 12.1. The molecule has 102 valence electrons. The molecular weight excluding hydrogens is 257 g/mol. The molecule has 0 atom stereocenters. The first-order valence-corrected chi connectivity index (χ1v) is 5.71. The Morgan fingerprint density at radius 1 is 1.21 bits per heavy atom. The highest BCUT2D eigenvalue weighted by Gasteiger charge is 2.33. The highest BCUT2D eigenvalue weighted by molar-refractivity contribution is 5.91. The van der Waals surface area contributed by atoms with Gasteiger partial charge in [0.05, 0.1) is 11.6 Å². The van der Waals surface area contributed by atoms with Crippen LogP contribution in [0.3, 0.4) is 0 Å². The van der Waals surface area contributed by atoms with Gasteiger partial charge in [-0.05, 0) is 38.1 Å². The Hall–Kier alpha value is -1.98. The number of alkyl halides is 3. The number of hydrogen-bond acceptors (Lipinski definition) is 3. The van der Waals surface area contributed by atoms with Crippen LogP contribution in [0.1, 0.15) is 19.5 Å². The van der Waals surface area contributed by atoms with Crippen molar-refractivity contribution in [2.24, 2.45) is 0 Å². The molecule has 1 aromatic heterocycles. The maximum Gasteiger partial charge on any atom is 0.433 e. The van der Waals surface area contributed by atoms with Crippen molar-refractivity contribution in [2.45, 2.75) is 26.1 Å². The predicted molar refractivity (Wildman–Crippen MR) is 66.9 cm³/mol. The molecule has 0 saturated heterocycles. The molecule has 2 rings (SSSR count). The molecule has 0 amide bonds. The number of benzene rings is 1. The smallest absolute Gasteiger partial charge is 0.433 e. The number of nitrogens with zero attached hydrogens (tertiary/aromatic N) is 1. The van der Waals surface area contributed by atoms with Crippen molar-refractivity contribution in [1.82, 2.24) is 4.98 Å². The van der Waals surface area contributed by atoms with Gasteiger partial charge >= 0.3 is 6.18 Å². The maximum atomic E-state index is 12.6. The molecule has 0 bridgehead atoms. The number of ether oxygens (including phenoxy) is 1. The zero-order valence-electron chi connectivity index (χ0n) is 10.5. The molecule has 19 heavy (non-hydrogen) atoms. The fourth-order valence-electron chi connectivity index (χ4n) is 1.72. The van der Waals surface area contributed by atoms with Gasteiger partial charge in [0.1, 0.15) is 11.4 Å². The third kappa shape index (κ3) is 2.89. The summed E-state index contributed by atoms with van der Waals surface area (Å²) >= 11 is 0. The van der Waals surface area contributed by atoms with Crippen LogP contribution in [-0.4, -0.2) is 11.1 Å². The van der Waals surface area contributed by atoms with Gasteiger partial charge in [-0.1, -0.05) is 0 Å². The van der Waals surface area contributed by atoms with Crippen LogP contribution in [0, 0.1) is 0 Å². The Kier molecular flexibility index (Phi) is 3.26. The van der Waals surface area contributed by atoms with Crippen molar-refractivity contribution >= 4 is 16.6 Å². The van der Waals surface area contributed by atoms with E-state index in [2.05, 4.69) is 4.98 Å². The van der Waals surface area contributed by atoms with Crippen LogP contribution in [-0.2, 0) is 6.18 Å². The highest BCUT2D eigenvalue weighted by atomic mass is 19.4. The Morgan fingerprint density at radius 2 is 1.89 bits per heavy atom. The number of anilines is 1. The average molecular weight is 270 g/mol. The first kappa shape index (κ1) is 13.5. The quantitative estimate of drug-likeness (QED) is 0.906. The summed E-state index contributed by atoms with van der Waals surface area (Å²) in [6.07, 6.45) is -4.53. The number of halogens is 3. The topological polar surface area (TPSA) is 48.1 Å². The van der Waals surface area contributed by atoms with Crippen LogP contribution in [0.4, 0.5) is 18.9 Å². The summed E-state index contributed by atoms with van der Waals surface area (Å²) in [7, 11) is 0. The highest BCUT2D eigenvalue weighted by Crippen LogP contribution is 2.33. The van der Waals surface area contributed by atoms with Gasteiger partial charge in [-0.3, -0.25) is 0 Å². The summed E-state index contributed by atoms with van der Waals surface area (Å²) in [5.74, 6) is 0.552. The summed E-state index contributed by atoms with van der Waals surface area (Å²) in [5, 5.41) is 0.450. The minimum atomic E-state index is -4.50. The molecule has 3 nitrogen and oxygen atoms in total. The van der Waals surface area contributed by atoms with E-state index in [1.807, 2.05) is 13.8 Å². The number of nitrogen functional groups attached to an aromatic ring is 1. The van der Waals surface area contributed by atoms with Gasteiger partial charge in [-0.2, -0.15) is 13.2 Å². The van der Waals surface area contributed by atoms with Crippen molar-refractivity contribution < 1.29 is 17.9 Å². The molecule has 2 aromatic rings. The summed E-state index contributed by atoms with van der Waals surface area (Å²) in [5.41, 5.74) is 4.90. The first-order chi connectivity index (χ1) is 8.77. The van der Waals surface area contributed by atoms with Crippen LogP contribution in [0.15, 0.2) is 24.3 Å². The molecule has 0 radical (unpaired) electrons. The summed E-state index contributed by atoms with van der Waals surface area (Å²) in [6, 6.07) is 5.48. The molecule has 1 heterocycles. The van der Waals surface area contributed by atoms with Gasteiger partial charge in [0.15, 0.2) is 0 Å². The largest absolute Gasteiger partial charge is 0.491 e. The van der Waals surface area contributed by atoms with Gasteiger partial charge in [-0.25, -0.2) is 4.98 Å². The van der Waals surface area contributed by atoms with E-state index in [4.69, 9.17) is 10.5 Å². The molecule has 0 aliphatic carbocycles. The van der Waals surface area contributed by atoms with E-state index in [1.165, 1.54) is 6.07 Å². The van der Waals surface area contributed by atoms with E-state index in [9.17, 15) is 13.2 Å². The Morgan fingerprint density at radius 3 is 2.47 bits per heavy atom. The van der Waals surface area contributed by atoms with Crippen LogP contribution in [0.2, 0.25) is 0 Å². The van der Waals surface area contributed by atoms with Crippen molar-refractivity contribution in [3.05, 3.63) is 30.0 Å². The summed E-state index contributed by atoms with van der Waals surface area (Å²) < 4.78 is 43.3. The molecule has 0 aliphatic heterocycles. The maximum absolute atomic E-state index is 12.6. The minimum Gasteiger partial charge on any atom is -0.491 e. The third-order valence-electron chi connectivity index (χ3n) is 2.47. The Bertz CT molecular complexity index is 609. The van der Waals surface area contributed by atoms with E-state index in [-0.39, 0.29) is 17.3 Å². The zero-order valence-corrected chi connectivity index (χ0v) is 10.5. The molecule has 0 fully saturated rings. The van der Waals surface area contributed by atoms with E-state index < -0.39 is 11.9 Å². The van der Waals surface area contributed by atoms with Crippen LogP contribution >= 0.6 is 0 Å². The van der Waals surface area contributed by atoms with E-state index in [1.54, 1.807) is 12.1 Å². The van der Waals surface area contributed by atoms with Gasteiger partial charge in [-0.15, -0.1) is 0 Å². The third-order valence-corrected chi connectivity index (χ3v) is 2.47. The number of aromatic nitrogens is 1. The predicted octanol–water partition coefficient (Wildman–Crippen LogP) is 3.62. The fourth-order valence-corrected chi connectivity index (χ4v) is 1.72. The number of hydrogen-bond donors (Lipinski definition) is 1. The molecule has 2 N–H and O–H groups in total. The fraction of sp³-hybridized carbons (Fsp3) is 0.308. The number of nitrogens with two attached hydrogens (primary N) is 1. The molecular formula is C13H13F3N2O. The van der Waals surface area contributed by atoms with E-state index >= 15 is 0 Å². The lowest BCUT2D eigenvalue weighted by atomic mass is 10.1. The minimum absolute atomic E-state index is 0.0268. The number of pyridine rings is 1. The Labute approximate surface area is 108 Å². The molecule has 6 heteroatoms. The second kappa shape index (κ2) is 4.60. The SMILES string of the molecule is CC(C)Oc1ccc2nc(C(F)(F)F)cc(N)c2c1. The summed E-state index contributed by atoms with van der Waals surface area (Å²) in [6.45, 7) is 3.72. The second-order valence-electron chi connectivity index (χ2n) is 4.44. The van der Waals surface area contributed by atoms with Gasteiger partial charge < -0.3 is 10.5 Å². The van der Waals surface area contributed by atoms with Crippen LogP contribution < -0.4 is 10.5 Å².